The zero-order chi connectivity index (χ0) is 73.2. The van der Waals surface area contributed by atoms with Gasteiger partial charge >= 0.3 is 0 Å². The third kappa shape index (κ3) is 42.6. The average molecular weight is 1440 g/mol. The minimum absolute atomic E-state index is 0.231. The fourth-order valence-electron chi connectivity index (χ4n) is 13.7. The Balaban J connectivity index is 1.39. The molecule has 0 aromatic heterocycles. The van der Waals surface area contributed by atoms with Crippen molar-refractivity contribution in [2.45, 2.75) is 426 Å². The topological polar surface area (TPSA) is 307 Å². The van der Waals surface area contributed by atoms with Crippen molar-refractivity contribution in [3.8, 4) is 0 Å². The summed E-state index contributed by atoms with van der Waals surface area (Å²) >= 11 is 0. The summed E-state index contributed by atoms with van der Waals surface area (Å²) < 4.78 is 34.4. The Labute approximate surface area is 611 Å². The number of amides is 1. The van der Waals surface area contributed by atoms with E-state index in [1.165, 1.54) is 238 Å². The Morgan fingerprint density at radius 2 is 0.663 bits per heavy atom. The molecule has 3 fully saturated rings. The van der Waals surface area contributed by atoms with Gasteiger partial charge in [0, 0.05) is 6.42 Å². The zero-order valence-corrected chi connectivity index (χ0v) is 63.1. The van der Waals surface area contributed by atoms with Crippen LogP contribution in [0.2, 0.25) is 0 Å². The van der Waals surface area contributed by atoms with Gasteiger partial charge in [-0.15, -0.1) is 0 Å². The number of ether oxygens (including phenoxy) is 6. The molecule has 17 atom stereocenters. The van der Waals surface area contributed by atoms with Crippen LogP contribution in [-0.4, -0.2) is 193 Å². The third-order valence-corrected chi connectivity index (χ3v) is 20.3. The van der Waals surface area contributed by atoms with Crippen LogP contribution in [0.1, 0.15) is 322 Å². The lowest BCUT2D eigenvalue weighted by Crippen LogP contribution is -2.66. The van der Waals surface area contributed by atoms with E-state index in [0.717, 1.165) is 51.4 Å². The maximum Gasteiger partial charge on any atom is 0.220 e. The summed E-state index contributed by atoms with van der Waals surface area (Å²) in [5.41, 5.74) is 0. The predicted molar refractivity (Wildman–Crippen MR) is 402 cm³/mol. The first-order chi connectivity index (χ1) is 49.3. The van der Waals surface area contributed by atoms with Gasteiger partial charge in [0.25, 0.3) is 0 Å². The van der Waals surface area contributed by atoms with E-state index >= 15 is 0 Å². The van der Waals surface area contributed by atoms with Crippen LogP contribution in [0, 0.1) is 0 Å². The first-order valence-corrected chi connectivity index (χ1v) is 41.0. The van der Waals surface area contributed by atoms with Crippen LogP contribution >= 0.6 is 0 Å². The number of aliphatic hydroxyl groups excluding tert-OH is 11. The molecule has 1 amide bonds. The van der Waals surface area contributed by atoms with E-state index < -0.39 is 124 Å². The van der Waals surface area contributed by atoms with E-state index in [1.807, 2.05) is 6.08 Å². The number of carbonyl (C=O) groups excluding carboxylic acids is 1. The second kappa shape index (κ2) is 62.5. The Morgan fingerprint density at radius 3 is 1.05 bits per heavy atom. The highest BCUT2D eigenvalue weighted by Gasteiger charge is 2.54. The Morgan fingerprint density at radius 1 is 0.356 bits per heavy atom. The number of carbonyl (C=O) groups is 1. The zero-order valence-electron chi connectivity index (χ0n) is 63.1. The molecular weight excluding hydrogens is 1290 g/mol. The van der Waals surface area contributed by atoms with Crippen LogP contribution in [0.5, 0.6) is 0 Å². The summed E-state index contributed by atoms with van der Waals surface area (Å²) in [6.07, 6.45) is 53.6. The largest absolute Gasteiger partial charge is 0.394 e. The highest BCUT2D eigenvalue weighted by Crippen LogP contribution is 2.33. The highest BCUT2D eigenvalue weighted by molar-refractivity contribution is 5.76. The number of nitrogens with one attached hydrogen (secondary N) is 1. The van der Waals surface area contributed by atoms with Gasteiger partial charge in [-0.2, -0.15) is 0 Å². The maximum absolute atomic E-state index is 13.5. The van der Waals surface area contributed by atoms with Gasteiger partial charge in [-0.25, -0.2) is 0 Å². The van der Waals surface area contributed by atoms with Crippen molar-refractivity contribution in [1.29, 1.82) is 0 Å². The molecule has 0 bridgehead atoms. The van der Waals surface area contributed by atoms with Gasteiger partial charge in [-0.3, -0.25) is 4.79 Å². The van der Waals surface area contributed by atoms with Crippen molar-refractivity contribution in [1.82, 2.24) is 5.32 Å². The van der Waals surface area contributed by atoms with Gasteiger partial charge in [0.05, 0.1) is 38.6 Å². The summed E-state index contributed by atoms with van der Waals surface area (Å²) in [7, 11) is 0. The molecule has 0 aromatic carbocycles. The molecule has 3 saturated heterocycles. The number of allylic oxidation sites excluding steroid dienone is 9. The van der Waals surface area contributed by atoms with Crippen LogP contribution in [0.3, 0.4) is 0 Å². The average Bonchev–Trinajstić information content (AvgIpc) is 0.782. The SMILES string of the molecule is CCCCCCC/C=C\C/C=C\CCCCCCCCCCCCCCCCCC(=O)NC(COC1OC(CO)C(OC2OC(CO)C(OC3OC(CO)C(O)C(O)C3O)C(O)C2O)C(O)C1O)C(O)/C=C/CC/C=C/CC/C=C/CCCCCCCCCCCCCCCCCCCCC. The number of rotatable bonds is 65. The summed E-state index contributed by atoms with van der Waals surface area (Å²) in [6.45, 7) is 1.74. The van der Waals surface area contributed by atoms with Gasteiger partial charge in [-0.1, -0.05) is 299 Å². The van der Waals surface area contributed by atoms with Gasteiger partial charge in [0.15, 0.2) is 18.9 Å². The van der Waals surface area contributed by atoms with Crippen molar-refractivity contribution in [2.75, 3.05) is 26.4 Å². The minimum Gasteiger partial charge on any atom is -0.394 e. The molecule has 0 saturated carbocycles. The van der Waals surface area contributed by atoms with Crippen molar-refractivity contribution >= 4 is 5.91 Å². The van der Waals surface area contributed by atoms with E-state index in [9.17, 15) is 61.0 Å². The second-order valence-electron chi connectivity index (χ2n) is 29.2. The minimum atomic E-state index is -1.98. The van der Waals surface area contributed by atoms with E-state index in [0.29, 0.717) is 12.8 Å². The maximum atomic E-state index is 13.5. The van der Waals surface area contributed by atoms with E-state index in [-0.39, 0.29) is 18.9 Å². The molecule has 3 aliphatic heterocycles. The fraction of sp³-hybridized carbons (Fsp3) is 0.866. The third-order valence-electron chi connectivity index (χ3n) is 20.3. The molecule has 101 heavy (non-hydrogen) atoms. The fourth-order valence-corrected chi connectivity index (χ4v) is 13.7. The molecule has 19 nitrogen and oxygen atoms in total. The van der Waals surface area contributed by atoms with Crippen molar-refractivity contribution in [2.24, 2.45) is 0 Å². The molecular formula is C82H149NO18. The highest BCUT2D eigenvalue weighted by atomic mass is 16.8. The first-order valence-electron chi connectivity index (χ1n) is 41.0. The lowest BCUT2D eigenvalue weighted by atomic mass is 9.96. The molecule has 0 radical (unpaired) electrons. The first kappa shape index (κ1) is 92.7. The number of hydrogen-bond acceptors (Lipinski definition) is 18. The van der Waals surface area contributed by atoms with Crippen LogP contribution in [0.15, 0.2) is 60.8 Å². The molecule has 3 aliphatic rings. The van der Waals surface area contributed by atoms with Gasteiger partial charge < -0.3 is 89.9 Å². The Kier molecular flexibility index (Phi) is 57.4. The van der Waals surface area contributed by atoms with Crippen LogP contribution in [0.4, 0.5) is 0 Å². The summed E-state index contributed by atoms with van der Waals surface area (Å²) in [6, 6.07) is -1.00. The van der Waals surface area contributed by atoms with Crippen molar-refractivity contribution in [3.05, 3.63) is 60.8 Å². The standard InChI is InChI=1S/C82H149NO18/c1-3-5-7-9-11-13-15-17-19-21-23-25-27-29-31-32-34-35-37-39-41-43-45-47-49-51-53-55-57-59-66(87)65(83-70(88)60-58-56-54-52-50-48-46-44-42-40-38-36-33-30-28-26-24-22-20-18-16-14-12-10-8-6-4-2)64-96-80-76(94)73(91)78(68(62-85)98-80)101-82-77(95)74(92)79(69(63-86)99-82)100-81-75(93)72(90)71(89)67(61-84)97-81/h16,18,22,24,41,43,49,51,57,59,65-69,71-82,84-87,89-95H,3-15,17,19-21,23,25-40,42,44-48,50,52-56,58,60-64H2,1-2H3,(H,83,88)/b18-16-,24-22-,43-41+,51-49+,59-57+. The van der Waals surface area contributed by atoms with E-state index in [2.05, 4.69) is 67.8 Å². The number of aliphatic hydroxyl groups is 11. The molecule has 0 aromatic rings. The van der Waals surface area contributed by atoms with Crippen molar-refractivity contribution in [3.63, 3.8) is 0 Å². The molecule has 3 rings (SSSR count). The summed E-state index contributed by atoms with van der Waals surface area (Å²) in [5.74, 6) is -0.287. The molecule has 19 heteroatoms. The molecule has 3 heterocycles. The monoisotopic (exact) mass is 1440 g/mol. The molecule has 0 aliphatic carbocycles. The molecule has 590 valence electrons. The lowest BCUT2D eigenvalue weighted by molar-refractivity contribution is -0.379. The van der Waals surface area contributed by atoms with Crippen molar-refractivity contribution < 1.29 is 89.4 Å². The van der Waals surface area contributed by atoms with Gasteiger partial charge in [-0.05, 0) is 77.0 Å². The van der Waals surface area contributed by atoms with Crippen LogP contribution < -0.4 is 5.32 Å². The van der Waals surface area contributed by atoms with Gasteiger partial charge in [0.2, 0.25) is 5.91 Å². The summed E-state index contributed by atoms with van der Waals surface area (Å²) in [5, 5.41) is 121. The van der Waals surface area contributed by atoms with Gasteiger partial charge in [0.1, 0.15) is 73.2 Å². The summed E-state index contributed by atoms with van der Waals surface area (Å²) in [4.78, 5) is 13.5. The molecule has 12 N–H and O–H groups in total. The number of unbranched alkanes of at least 4 members (excludes halogenated alkanes) is 41. The lowest BCUT2D eigenvalue weighted by Gasteiger charge is -2.48. The predicted octanol–water partition coefficient (Wildman–Crippen LogP) is 13.8. The molecule has 17 unspecified atom stereocenters. The van der Waals surface area contributed by atoms with Crippen LogP contribution in [-0.2, 0) is 33.2 Å². The molecule has 0 spiro atoms. The smallest absolute Gasteiger partial charge is 0.220 e. The Bertz CT molecular complexity index is 2060. The van der Waals surface area contributed by atoms with E-state index in [4.69, 9.17) is 28.4 Å². The quantitative estimate of drug-likeness (QED) is 0.0199. The number of hydrogen-bond donors (Lipinski definition) is 12. The Hall–Kier alpha value is -2.51. The second-order valence-corrected chi connectivity index (χ2v) is 29.2. The normalized spacial score (nSPS) is 26.6. The van der Waals surface area contributed by atoms with Crippen LogP contribution in [0.25, 0.3) is 0 Å². The van der Waals surface area contributed by atoms with E-state index in [1.54, 1.807) is 6.08 Å².